The predicted molar refractivity (Wildman–Crippen MR) is 191 cm³/mol. The number of nitrogens with one attached hydrogen (secondary N) is 2. The lowest BCUT2D eigenvalue weighted by molar-refractivity contribution is 0.0981. The van der Waals surface area contributed by atoms with E-state index in [2.05, 4.69) is 54.3 Å². The molecule has 6 heterocycles. The summed E-state index contributed by atoms with van der Waals surface area (Å²) < 4.78 is 38.1. The molecule has 2 aliphatic rings. The molecule has 0 amide bonds. The van der Waals surface area contributed by atoms with Crippen molar-refractivity contribution in [1.29, 1.82) is 0 Å². The molecular formula is C33H41N11O4S. The molecule has 0 saturated carbocycles. The number of pyridine rings is 1. The van der Waals surface area contributed by atoms with Gasteiger partial charge in [0.2, 0.25) is 21.9 Å². The maximum Gasteiger partial charge on any atom is 0.239 e. The number of ether oxygens (including phenoxy) is 1. The Kier molecular flexibility index (Phi) is 8.85. The summed E-state index contributed by atoms with van der Waals surface area (Å²) in [5, 5.41) is 6.57. The molecule has 0 unspecified atom stereocenters. The van der Waals surface area contributed by atoms with Crippen LogP contribution in [0.25, 0.3) is 22.1 Å². The lowest BCUT2D eigenvalue weighted by Crippen LogP contribution is -2.52. The molecule has 1 aromatic carbocycles. The minimum absolute atomic E-state index is 0.273. The number of hydrogen-bond acceptors (Lipinski definition) is 14. The van der Waals surface area contributed by atoms with Crippen LogP contribution in [0, 0.1) is 6.92 Å². The van der Waals surface area contributed by atoms with E-state index in [0.29, 0.717) is 56.9 Å². The van der Waals surface area contributed by atoms with Crippen LogP contribution in [0.1, 0.15) is 18.4 Å². The van der Waals surface area contributed by atoms with Gasteiger partial charge < -0.3 is 29.6 Å². The van der Waals surface area contributed by atoms with E-state index in [9.17, 15) is 8.42 Å². The van der Waals surface area contributed by atoms with E-state index in [-0.39, 0.29) is 5.95 Å². The fraction of sp³-hybridized carbons (Fsp3) is 0.424. The Hall–Kier alpha value is -4.80. The molecule has 0 spiro atoms. The third kappa shape index (κ3) is 6.63. The summed E-state index contributed by atoms with van der Waals surface area (Å²) in [6.07, 6.45) is 7.95. The van der Waals surface area contributed by atoms with E-state index in [1.807, 2.05) is 6.07 Å². The van der Waals surface area contributed by atoms with Crippen LogP contribution in [0.15, 0.2) is 47.3 Å². The van der Waals surface area contributed by atoms with Crippen molar-refractivity contribution < 1.29 is 17.6 Å². The average Bonchev–Trinajstić information content (AvgIpc) is 3.57. The zero-order valence-electron chi connectivity index (χ0n) is 28.3. The smallest absolute Gasteiger partial charge is 0.239 e. The van der Waals surface area contributed by atoms with Gasteiger partial charge in [0.05, 0.1) is 30.8 Å². The molecule has 7 rings (SSSR count). The van der Waals surface area contributed by atoms with Gasteiger partial charge in [-0.25, -0.2) is 13.4 Å². The number of anilines is 6. The van der Waals surface area contributed by atoms with Crippen LogP contribution < -0.4 is 24.6 Å². The van der Waals surface area contributed by atoms with E-state index < -0.39 is 10.0 Å². The number of likely N-dealkylation sites (N-methyl/N-ethyl adjacent to an activating group) is 1. The highest BCUT2D eigenvalue weighted by molar-refractivity contribution is 7.92. The lowest BCUT2D eigenvalue weighted by atomic mass is 10.0. The molecule has 0 atom stereocenters. The van der Waals surface area contributed by atoms with Gasteiger partial charge in [0.1, 0.15) is 28.2 Å². The molecular weight excluding hydrogens is 647 g/mol. The van der Waals surface area contributed by atoms with Gasteiger partial charge in [-0.2, -0.15) is 9.97 Å². The fourth-order valence-electron chi connectivity index (χ4n) is 6.64. The van der Waals surface area contributed by atoms with Gasteiger partial charge in [-0.3, -0.25) is 19.2 Å². The second-order valence-corrected chi connectivity index (χ2v) is 14.7. The highest BCUT2D eigenvalue weighted by atomic mass is 32.2. The van der Waals surface area contributed by atoms with Gasteiger partial charge in [-0.1, -0.05) is 0 Å². The molecule has 15 nitrogen and oxygen atoms in total. The van der Waals surface area contributed by atoms with Crippen LogP contribution in [0.5, 0.6) is 5.88 Å². The Labute approximate surface area is 285 Å². The maximum absolute atomic E-state index is 12.7. The topological polar surface area (TPSA) is 158 Å². The number of furan rings is 1. The van der Waals surface area contributed by atoms with Crippen molar-refractivity contribution in [2.45, 2.75) is 25.8 Å². The van der Waals surface area contributed by atoms with E-state index >= 15 is 0 Å². The van der Waals surface area contributed by atoms with Crippen LogP contribution in [0.2, 0.25) is 0 Å². The van der Waals surface area contributed by atoms with Crippen LogP contribution in [0.3, 0.4) is 0 Å². The Bertz CT molecular complexity index is 2090. The number of methoxy groups -OCH3 is 1. The molecule has 2 fully saturated rings. The molecule has 0 radical (unpaired) electrons. The summed E-state index contributed by atoms with van der Waals surface area (Å²) in [5.74, 6) is 1.94. The van der Waals surface area contributed by atoms with E-state index in [0.717, 1.165) is 69.7 Å². The summed E-state index contributed by atoms with van der Waals surface area (Å²) in [6.45, 7) is 8.44. The number of aryl methyl sites for hydroxylation is 1. The summed E-state index contributed by atoms with van der Waals surface area (Å²) >= 11 is 0. The number of rotatable bonds is 9. The Morgan fingerprint density at radius 2 is 1.69 bits per heavy atom. The normalized spacial score (nSPS) is 16.7. The molecule has 4 aromatic heterocycles. The Balaban J connectivity index is 1.16. The van der Waals surface area contributed by atoms with E-state index in [4.69, 9.17) is 19.1 Å². The van der Waals surface area contributed by atoms with Gasteiger partial charge in [0, 0.05) is 70.8 Å². The SMILES string of the molecule is COc1nc(N2CCC(N3CCN(C)CC3)CC2)c(C)cc1Nc1nc(Nc2ccc3nccnc3c2N(C)S(C)(=O)=O)c2occc2n1. The average molecular weight is 688 g/mol. The molecule has 258 valence electrons. The molecule has 5 aromatic rings. The lowest BCUT2D eigenvalue weighted by Gasteiger charge is -2.42. The maximum atomic E-state index is 12.7. The molecule has 2 saturated heterocycles. The number of nitrogens with zero attached hydrogens (tertiary/aromatic N) is 9. The van der Waals surface area contributed by atoms with Gasteiger partial charge in [-0.05, 0) is 50.6 Å². The van der Waals surface area contributed by atoms with Crippen molar-refractivity contribution in [2.75, 3.05) is 86.6 Å². The van der Waals surface area contributed by atoms with Crippen molar-refractivity contribution in [1.82, 2.24) is 34.7 Å². The molecule has 2 aliphatic heterocycles. The standard InChI is InChI=1S/C33H41N11O4S/c1-21-20-26(32(47-4)40-31(21)44-13-8-22(9-14-44)43-17-15-41(2)16-18-43)38-33-37-25-10-19-48-29(25)30(39-33)36-24-7-6-23-27(35-12-11-34-23)28(24)42(3)49(5,45)46/h6-7,10-12,19-20,22H,8-9,13-18H2,1-5H3,(H2,36,37,38,39). The zero-order chi connectivity index (χ0) is 34.3. The van der Waals surface area contributed by atoms with E-state index in [1.54, 1.807) is 31.5 Å². The summed E-state index contributed by atoms with van der Waals surface area (Å²) in [4.78, 5) is 30.5. The van der Waals surface area contributed by atoms with Gasteiger partial charge in [-0.15, -0.1) is 0 Å². The molecule has 16 heteroatoms. The van der Waals surface area contributed by atoms with Crippen LogP contribution in [-0.2, 0) is 10.0 Å². The number of sulfonamides is 1. The van der Waals surface area contributed by atoms with Crippen molar-refractivity contribution in [3.8, 4) is 5.88 Å². The number of hydrogen-bond donors (Lipinski definition) is 2. The quantitative estimate of drug-likeness (QED) is 0.229. The number of aromatic nitrogens is 5. The molecule has 0 bridgehead atoms. The van der Waals surface area contributed by atoms with Crippen molar-refractivity contribution in [2.24, 2.45) is 0 Å². The van der Waals surface area contributed by atoms with Crippen molar-refractivity contribution in [3.05, 3.63) is 48.5 Å². The monoisotopic (exact) mass is 687 g/mol. The Morgan fingerprint density at radius 3 is 2.43 bits per heavy atom. The molecule has 2 N–H and O–H groups in total. The minimum atomic E-state index is -3.65. The predicted octanol–water partition coefficient (Wildman–Crippen LogP) is 3.98. The first-order valence-electron chi connectivity index (χ1n) is 16.3. The highest BCUT2D eigenvalue weighted by Crippen LogP contribution is 2.38. The van der Waals surface area contributed by atoms with Crippen LogP contribution in [-0.4, -0.2) is 116 Å². The van der Waals surface area contributed by atoms with Gasteiger partial charge in [0.15, 0.2) is 11.4 Å². The summed E-state index contributed by atoms with van der Waals surface area (Å²) in [7, 11) is 1.62. The highest BCUT2D eigenvalue weighted by Gasteiger charge is 2.29. The van der Waals surface area contributed by atoms with E-state index in [1.165, 1.54) is 23.8 Å². The van der Waals surface area contributed by atoms with Crippen molar-refractivity contribution >= 4 is 66.8 Å². The van der Waals surface area contributed by atoms with Gasteiger partial charge >= 0.3 is 0 Å². The largest absolute Gasteiger partial charge is 0.479 e. The first-order chi connectivity index (χ1) is 23.6. The van der Waals surface area contributed by atoms with Crippen LogP contribution >= 0.6 is 0 Å². The van der Waals surface area contributed by atoms with Gasteiger partial charge in [0.25, 0.3) is 0 Å². The summed E-state index contributed by atoms with van der Waals surface area (Å²) in [5.41, 5.74) is 4.29. The third-order valence-electron chi connectivity index (χ3n) is 9.39. The zero-order valence-corrected chi connectivity index (χ0v) is 29.2. The first kappa shape index (κ1) is 32.7. The molecule has 49 heavy (non-hydrogen) atoms. The number of piperazine rings is 1. The summed E-state index contributed by atoms with van der Waals surface area (Å²) in [6, 6.07) is 7.85. The van der Waals surface area contributed by atoms with Crippen LogP contribution in [0.4, 0.5) is 34.6 Å². The molecule has 0 aliphatic carbocycles. The Morgan fingerprint density at radius 1 is 0.939 bits per heavy atom. The third-order valence-corrected chi connectivity index (χ3v) is 10.6. The fourth-order valence-corrected chi connectivity index (χ4v) is 7.16. The number of benzene rings is 1. The second kappa shape index (κ2) is 13.2. The first-order valence-corrected chi connectivity index (χ1v) is 18.1. The number of piperidine rings is 1. The number of fused-ring (bicyclic) bond motifs is 2. The second-order valence-electron chi connectivity index (χ2n) is 12.6. The minimum Gasteiger partial charge on any atom is -0.479 e. The van der Waals surface area contributed by atoms with Crippen molar-refractivity contribution in [3.63, 3.8) is 0 Å².